The Hall–Kier alpha value is -1.96. The van der Waals surface area contributed by atoms with Crippen molar-refractivity contribution >= 4 is 0 Å². The zero-order valence-corrected chi connectivity index (χ0v) is 14.0. The van der Waals surface area contributed by atoms with E-state index in [9.17, 15) is 10.2 Å². The highest BCUT2D eigenvalue weighted by molar-refractivity contribution is 5.72. The molecule has 0 atom stereocenters. The largest absolute Gasteiger partial charge is 0.508 e. The van der Waals surface area contributed by atoms with Crippen LogP contribution in [0.1, 0.15) is 68.9 Å². The first-order valence-electron chi connectivity index (χ1n) is 8.73. The molecular weight excluding hydrogens is 284 g/mol. The van der Waals surface area contributed by atoms with Gasteiger partial charge in [-0.3, -0.25) is 0 Å². The Morgan fingerprint density at radius 3 is 2.13 bits per heavy atom. The van der Waals surface area contributed by atoms with Gasteiger partial charge in [-0.1, -0.05) is 51.3 Å². The van der Waals surface area contributed by atoms with Crippen LogP contribution in [0.25, 0.3) is 11.1 Å². The summed E-state index contributed by atoms with van der Waals surface area (Å²) in [5, 5.41) is 20.1. The van der Waals surface area contributed by atoms with Crippen molar-refractivity contribution in [3.63, 3.8) is 0 Å². The number of phenols is 2. The molecule has 1 fully saturated rings. The third kappa shape index (κ3) is 3.21. The van der Waals surface area contributed by atoms with Crippen molar-refractivity contribution in [2.24, 2.45) is 0 Å². The fourth-order valence-corrected chi connectivity index (χ4v) is 3.96. The van der Waals surface area contributed by atoms with Crippen molar-refractivity contribution in [1.82, 2.24) is 0 Å². The van der Waals surface area contributed by atoms with E-state index in [0.29, 0.717) is 17.6 Å². The highest BCUT2D eigenvalue weighted by Crippen LogP contribution is 2.45. The summed E-state index contributed by atoms with van der Waals surface area (Å²) in [6.07, 6.45) is 6.17. The molecule has 0 unspecified atom stereocenters. The molecule has 23 heavy (non-hydrogen) atoms. The van der Waals surface area contributed by atoms with Crippen LogP contribution in [0.3, 0.4) is 0 Å². The molecule has 2 aromatic carbocycles. The maximum Gasteiger partial charge on any atom is 0.119 e. The van der Waals surface area contributed by atoms with Crippen LogP contribution >= 0.6 is 0 Å². The number of hydrogen-bond donors (Lipinski definition) is 2. The molecule has 0 saturated heterocycles. The van der Waals surface area contributed by atoms with E-state index in [0.717, 1.165) is 11.1 Å². The van der Waals surface area contributed by atoms with Crippen LogP contribution in [0, 0.1) is 0 Å². The molecule has 2 nitrogen and oxygen atoms in total. The van der Waals surface area contributed by atoms with E-state index in [2.05, 4.69) is 13.8 Å². The van der Waals surface area contributed by atoms with E-state index >= 15 is 0 Å². The molecule has 0 aliphatic heterocycles. The molecule has 2 N–H and O–H groups in total. The van der Waals surface area contributed by atoms with Gasteiger partial charge in [-0.2, -0.15) is 0 Å². The van der Waals surface area contributed by atoms with E-state index in [4.69, 9.17) is 0 Å². The van der Waals surface area contributed by atoms with Crippen LogP contribution in [0.5, 0.6) is 11.5 Å². The van der Waals surface area contributed by atoms with Crippen molar-refractivity contribution in [3.8, 4) is 22.6 Å². The smallest absolute Gasteiger partial charge is 0.119 e. The first-order chi connectivity index (χ1) is 11.1. The van der Waals surface area contributed by atoms with Gasteiger partial charge >= 0.3 is 0 Å². The summed E-state index contributed by atoms with van der Waals surface area (Å²) in [6, 6.07) is 11.2. The molecule has 3 rings (SSSR count). The van der Waals surface area contributed by atoms with Gasteiger partial charge in [0.05, 0.1) is 0 Å². The third-order valence-corrected chi connectivity index (χ3v) is 5.03. The summed E-state index contributed by atoms with van der Waals surface area (Å²) in [4.78, 5) is 0. The molecule has 0 radical (unpaired) electrons. The first-order valence-corrected chi connectivity index (χ1v) is 8.73. The zero-order chi connectivity index (χ0) is 16.4. The minimum absolute atomic E-state index is 0.283. The van der Waals surface area contributed by atoms with Gasteiger partial charge in [-0.15, -0.1) is 0 Å². The maximum absolute atomic E-state index is 10.6. The topological polar surface area (TPSA) is 40.5 Å². The molecule has 2 aromatic rings. The van der Waals surface area contributed by atoms with Crippen molar-refractivity contribution < 1.29 is 10.2 Å². The number of benzene rings is 2. The van der Waals surface area contributed by atoms with Crippen LogP contribution in [0.2, 0.25) is 0 Å². The van der Waals surface area contributed by atoms with Crippen molar-refractivity contribution in [2.75, 3.05) is 0 Å². The Morgan fingerprint density at radius 1 is 0.870 bits per heavy atom. The summed E-state index contributed by atoms with van der Waals surface area (Å²) in [7, 11) is 0. The summed E-state index contributed by atoms with van der Waals surface area (Å²) in [5.41, 5.74) is 4.70. The molecule has 122 valence electrons. The van der Waals surface area contributed by atoms with Gasteiger partial charge in [0.25, 0.3) is 0 Å². The van der Waals surface area contributed by atoms with Gasteiger partial charge in [0.2, 0.25) is 0 Å². The summed E-state index contributed by atoms with van der Waals surface area (Å²) >= 11 is 0. The third-order valence-electron chi connectivity index (χ3n) is 5.03. The van der Waals surface area contributed by atoms with Gasteiger partial charge in [0.1, 0.15) is 11.5 Å². The second-order valence-electron chi connectivity index (χ2n) is 7.00. The lowest BCUT2D eigenvalue weighted by atomic mass is 9.77. The number of aromatic hydroxyl groups is 2. The summed E-state index contributed by atoms with van der Waals surface area (Å²) in [6.45, 7) is 4.40. The predicted octanol–water partition coefficient (Wildman–Crippen LogP) is 5.94. The molecule has 0 aromatic heterocycles. The fraction of sp³-hybridized carbons (Fsp3) is 0.429. The Balaban J connectivity index is 2.14. The van der Waals surface area contributed by atoms with Crippen LogP contribution in [-0.2, 0) is 0 Å². The van der Waals surface area contributed by atoms with E-state index in [1.807, 2.05) is 24.3 Å². The van der Waals surface area contributed by atoms with E-state index in [1.54, 1.807) is 12.1 Å². The molecule has 0 spiro atoms. The molecular formula is C21H26O2. The minimum atomic E-state index is 0.283. The van der Waals surface area contributed by atoms with E-state index in [-0.39, 0.29) is 5.75 Å². The molecule has 2 heteroatoms. The van der Waals surface area contributed by atoms with Gasteiger partial charge in [-0.05, 0) is 59.6 Å². The number of hydrogen-bond acceptors (Lipinski definition) is 2. The minimum Gasteiger partial charge on any atom is -0.508 e. The lowest BCUT2D eigenvalue weighted by Gasteiger charge is -2.28. The Morgan fingerprint density at radius 2 is 1.52 bits per heavy atom. The number of phenolic OH excluding ortho intramolecular Hbond substituents is 2. The van der Waals surface area contributed by atoms with Crippen LogP contribution in [0.15, 0.2) is 36.4 Å². The first kappa shape index (κ1) is 15.9. The normalized spacial score (nSPS) is 16.0. The Labute approximate surface area is 138 Å². The average Bonchev–Trinajstić information content (AvgIpc) is 2.56. The van der Waals surface area contributed by atoms with E-state index < -0.39 is 0 Å². The second kappa shape index (κ2) is 6.66. The van der Waals surface area contributed by atoms with Crippen molar-refractivity contribution in [3.05, 3.63) is 47.5 Å². The molecule has 1 saturated carbocycles. The molecule has 0 heterocycles. The van der Waals surface area contributed by atoms with Crippen LogP contribution < -0.4 is 0 Å². The monoisotopic (exact) mass is 310 g/mol. The van der Waals surface area contributed by atoms with Crippen molar-refractivity contribution in [1.29, 1.82) is 0 Å². The number of rotatable bonds is 3. The standard InChI is InChI=1S/C21H26O2/c1-14(2)20-18(15-8-10-17(22)11-9-15)12-13-19(23)21(20)16-6-4-3-5-7-16/h8-14,16,22-23H,3-7H2,1-2H3. The van der Waals surface area contributed by atoms with Crippen LogP contribution in [0.4, 0.5) is 0 Å². The lowest BCUT2D eigenvalue weighted by molar-refractivity contribution is 0.411. The highest BCUT2D eigenvalue weighted by Gasteiger charge is 2.25. The molecule has 0 amide bonds. The highest BCUT2D eigenvalue weighted by atomic mass is 16.3. The van der Waals surface area contributed by atoms with Gasteiger partial charge < -0.3 is 10.2 Å². The van der Waals surface area contributed by atoms with Crippen LogP contribution in [-0.4, -0.2) is 10.2 Å². The van der Waals surface area contributed by atoms with Gasteiger partial charge in [-0.25, -0.2) is 0 Å². The zero-order valence-electron chi connectivity index (χ0n) is 14.0. The predicted molar refractivity (Wildman–Crippen MR) is 95.1 cm³/mol. The quantitative estimate of drug-likeness (QED) is 0.737. The second-order valence-corrected chi connectivity index (χ2v) is 7.00. The maximum atomic E-state index is 10.6. The Kier molecular flexibility index (Phi) is 4.61. The molecule has 1 aliphatic rings. The Bertz CT molecular complexity index is 665. The lowest BCUT2D eigenvalue weighted by Crippen LogP contribution is -2.10. The van der Waals surface area contributed by atoms with Gasteiger partial charge in [0, 0.05) is 5.56 Å². The van der Waals surface area contributed by atoms with E-state index in [1.165, 1.54) is 43.2 Å². The molecule has 0 bridgehead atoms. The summed E-state index contributed by atoms with van der Waals surface area (Å²) < 4.78 is 0. The fourth-order valence-electron chi connectivity index (χ4n) is 3.96. The average molecular weight is 310 g/mol. The van der Waals surface area contributed by atoms with Gasteiger partial charge in [0.15, 0.2) is 0 Å². The van der Waals surface area contributed by atoms with Crippen molar-refractivity contribution in [2.45, 2.75) is 57.8 Å². The molecule has 1 aliphatic carbocycles. The SMILES string of the molecule is CC(C)c1c(-c2ccc(O)cc2)ccc(O)c1C1CCCCC1. The summed E-state index contributed by atoms with van der Waals surface area (Å²) in [5.74, 6) is 1.55.